The summed E-state index contributed by atoms with van der Waals surface area (Å²) in [5, 5.41) is 12.1. The normalized spacial score (nSPS) is 13.0. The van der Waals surface area contributed by atoms with Crippen LogP contribution in [0.1, 0.15) is 44.0 Å². The Hall–Kier alpha value is -2.08. The van der Waals surface area contributed by atoms with Gasteiger partial charge in [-0.1, -0.05) is 13.3 Å². The Morgan fingerprint density at radius 3 is 2.39 bits per heavy atom. The fourth-order valence-corrected chi connectivity index (χ4v) is 1.87. The molecule has 2 N–H and O–H groups in total. The molecule has 0 aliphatic heterocycles. The van der Waals surface area contributed by atoms with Crippen molar-refractivity contribution in [1.29, 1.82) is 0 Å². The predicted molar refractivity (Wildman–Crippen MR) is 86.4 cm³/mol. The fraction of sp³-hybridized carbons (Fsp3) is 0.529. The standard InChI is InChI=1S/C17H25NO5/c1-4-6-11-23-14-9-7-13(8-10-14)16(20)18-15(12(3)19)17(21)22-5-2/h7-10,12,15,19H,4-6,11H2,1-3H3,(H,18,20)/t12-,15+/m0/s1. The monoisotopic (exact) mass is 323 g/mol. The van der Waals surface area contributed by atoms with E-state index in [1.165, 1.54) is 6.92 Å². The molecular formula is C17H25NO5. The number of nitrogens with one attached hydrogen (secondary N) is 1. The minimum atomic E-state index is -1.09. The lowest BCUT2D eigenvalue weighted by atomic mass is 10.1. The number of benzene rings is 1. The number of esters is 1. The number of carbonyl (C=O) groups excluding carboxylic acids is 2. The molecule has 0 spiro atoms. The van der Waals surface area contributed by atoms with Crippen LogP contribution in [0.15, 0.2) is 24.3 Å². The molecule has 0 aliphatic carbocycles. The lowest BCUT2D eigenvalue weighted by Gasteiger charge is -2.19. The molecule has 0 aromatic heterocycles. The Morgan fingerprint density at radius 1 is 1.22 bits per heavy atom. The minimum Gasteiger partial charge on any atom is -0.494 e. The topological polar surface area (TPSA) is 84.9 Å². The summed E-state index contributed by atoms with van der Waals surface area (Å²) >= 11 is 0. The maximum absolute atomic E-state index is 12.2. The highest BCUT2D eigenvalue weighted by molar-refractivity contribution is 5.97. The summed E-state index contributed by atoms with van der Waals surface area (Å²) < 4.78 is 10.4. The Labute approximate surface area is 136 Å². The molecule has 1 amide bonds. The number of aliphatic hydroxyl groups excluding tert-OH is 1. The van der Waals surface area contributed by atoms with E-state index in [1.807, 2.05) is 0 Å². The molecule has 0 saturated heterocycles. The summed E-state index contributed by atoms with van der Waals surface area (Å²) in [5.41, 5.74) is 0.378. The van der Waals surface area contributed by atoms with Gasteiger partial charge >= 0.3 is 5.97 Å². The first-order chi connectivity index (χ1) is 11.0. The van der Waals surface area contributed by atoms with Crippen LogP contribution >= 0.6 is 0 Å². The van der Waals surface area contributed by atoms with Crippen LogP contribution in [-0.4, -0.2) is 42.3 Å². The third-order valence-corrected chi connectivity index (χ3v) is 3.19. The number of amides is 1. The molecule has 128 valence electrons. The van der Waals surface area contributed by atoms with Crippen molar-refractivity contribution in [1.82, 2.24) is 5.32 Å². The van der Waals surface area contributed by atoms with Crippen molar-refractivity contribution < 1.29 is 24.2 Å². The SMILES string of the molecule is CCCCOc1ccc(C(=O)N[C@@H](C(=O)OCC)[C@H](C)O)cc1. The van der Waals surface area contributed by atoms with Gasteiger partial charge in [-0.15, -0.1) is 0 Å². The molecule has 1 aromatic rings. The first kappa shape index (κ1) is 19.0. The van der Waals surface area contributed by atoms with Crippen molar-refractivity contribution in [2.45, 2.75) is 45.8 Å². The third-order valence-electron chi connectivity index (χ3n) is 3.19. The Kier molecular flexibility index (Phi) is 8.11. The number of carbonyl (C=O) groups is 2. The predicted octanol–water partition coefficient (Wildman–Crippen LogP) is 1.91. The summed E-state index contributed by atoms with van der Waals surface area (Å²) in [6.07, 6.45) is 0.974. The average Bonchev–Trinajstić information content (AvgIpc) is 2.53. The second-order valence-corrected chi connectivity index (χ2v) is 5.17. The van der Waals surface area contributed by atoms with Gasteiger partial charge in [-0.2, -0.15) is 0 Å². The van der Waals surface area contributed by atoms with Gasteiger partial charge in [0, 0.05) is 5.56 Å². The van der Waals surface area contributed by atoms with Crippen molar-refractivity contribution >= 4 is 11.9 Å². The van der Waals surface area contributed by atoms with Gasteiger partial charge in [0.2, 0.25) is 0 Å². The summed E-state index contributed by atoms with van der Waals surface area (Å²) in [6.45, 7) is 5.98. The summed E-state index contributed by atoms with van der Waals surface area (Å²) in [5.74, 6) is -0.424. The van der Waals surface area contributed by atoms with Gasteiger partial charge in [-0.25, -0.2) is 4.79 Å². The molecule has 0 bridgehead atoms. The number of rotatable bonds is 9. The minimum absolute atomic E-state index is 0.182. The van der Waals surface area contributed by atoms with Crippen LogP contribution in [0.4, 0.5) is 0 Å². The second-order valence-electron chi connectivity index (χ2n) is 5.17. The molecule has 2 atom stereocenters. The van der Waals surface area contributed by atoms with E-state index in [9.17, 15) is 14.7 Å². The van der Waals surface area contributed by atoms with E-state index < -0.39 is 24.0 Å². The van der Waals surface area contributed by atoms with Gasteiger partial charge in [-0.3, -0.25) is 4.79 Å². The highest BCUT2D eigenvalue weighted by Crippen LogP contribution is 2.13. The molecule has 0 heterocycles. The zero-order valence-corrected chi connectivity index (χ0v) is 13.9. The zero-order chi connectivity index (χ0) is 17.2. The van der Waals surface area contributed by atoms with E-state index in [0.29, 0.717) is 17.9 Å². The van der Waals surface area contributed by atoms with Crippen LogP contribution in [0.5, 0.6) is 5.75 Å². The molecule has 23 heavy (non-hydrogen) atoms. The number of ether oxygens (including phenoxy) is 2. The Balaban J connectivity index is 2.66. The van der Waals surface area contributed by atoms with Gasteiger partial charge in [0.05, 0.1) is 19.3 Å². The second kappa shape index (κ2) is 9.84. The quantitative estimate of drug-likeness (QED) is 0.535. The molecule has 0 saturated carbocycles. The lowest BCUT2D eigenvalue weighted by Crippen LogP contribution is -2.48. The maximum Gasteiger partial charge on any atom is 0.331 e. The molecule has 0 aliphatic rings. The van der Waals surface area contributed by atoms with Crippen LogP contribution in [0.2, 0.25) is 0 Å². The van der Waals surface area contributed by atoms with Crippen molar-refractivity contribution in [3.63, 3.8) is 0 Å². The van der Waals surface area contributed by atoms with E-state index in [-0.39, 0.29) is 6.61 Å². The molecular weight excluding hydrogens is 298 g/mol. The van der Waals surface area contributed by atoms with Crippen LogP contribution in [0, 0.1) is 0 Å². The van der Waals surface area contributed by atoms with Gasteiger partial charge in [0.25, 0.3) is 5.91 Å². The summed E-state index contributed by atoms with van der Waals surface area (Å²) in [7, 11) is 0. The molecule has 6 heteroatoms. The van der Waals surface area contributed by atoms with Crippen molar-refractivity contribution in [2.75, 3.05) is 13.2 Å². The highest BCUT2D eigenvalue weighted by Gasteiger charge is 2.27. The van der Waals surface area contributed by atoms with E-state index in [0.717, 1.165) is 12.8 Å². The van der Waals surface area contributed by atoms with Crippen molar-refractivity contribution in [2.24, 2.45) is 0 Å². The smallest absolute Gasteiger partial charge is 0.331 e. The zero-order valence-electron chi connectivity index (χ0n) is 13.9. The van der Waals surface area contributed by atoms with Crippen LogP contribution in [0.25, 0.3) is 0 Å². The fourth-order valence-electron chi connectivity index (χ4n) is 1.87. The number of aliphatic hydroxyl groups is 1. The van der Waals surface area contributed by atoms with E-state index in [4.69, 9.17) is 9.47 Å². The largest absolute Gasteiger partial charge is 0.494 e. The van der Waals surface area contributed by atoms with Crippen LogP contribution in [0.3, 0.4) is 0 Å². The highest BCUT2D eigenvalue weighted by atomic mass is 16.5. The van der Waals surface area contributed by atoms with Gasteiger partial charge in [0.1, 0.15) is 5.75 Å². The van der Waals surface area contributed by atoms with Gasteiger partial charge < -0.3 is 19.9 Å². The number of hydrogen-bond acceptors (Lipinski definition) is 5. The van der Waals surface area contributed by atoms with E-state index in [1.54, 1.807) is 31.2 Å². The van der Waals surface area contributed by atoms with Crippen molar-refractivity contribution in [3.8, 4) is 5.75 Å². The first-order valence-corrected chi connectivity index (χ1v) is 7.88. The van der Waals surface area contributed by atoms with E-state index >= 15 is 0 Å². The van der Waals surface area contributed by atoms with Gasteiger partial charge in [-0.05, 0) is 44.5 Å². The Bertz CT molecular complexity index is 498. The third kappa shape index (κ3) is 6.28. The molecule has 0 radical (unpaired) electrons. The molecule has 0 fully saturated rings. The van der Waals surface area contributed by atoms with Crippen LogP contribution < -0.4 is 10.1 Å². The molecule has 0 unspecified atom stereocenters. The van der Waals surface area contributed by atoms with E-state index in [2.05, 4.69) is 12.2 Å². The van der Waals surface area contributed by atoms with Crippen LogP contribution in [-0.2, 0) is 9.53 Å². The summed E-state index contributed by atoms with van der Waals surface area (Å²) in [6, 6.07) is 5.53. The average molecular weight is 323 g/mol. The molecule has 6 nitrogen and oxygen atoms in total. The molecule has 1 aromatic carbocycles. The first-order valence-electron chi connectivity index (χ1n) is 7.88. The van der Waals surface area contributed by atoms with Gasteiger partial charge in [0.15, 0.2) is 6.04 Å². The lowest BCUT2D eigenvalue weighted by molar-refractivity contribution is -0.148. The number of hydrogen-bond donors (Lipinski definition) is 2. The Morgan fingerprint density at radius 2 is 1.87 bits per heavy atom. The molecule has 1 rings (SSSR count). The maximum atomic E-state index is 12.2. The summed E-state index contributed by atoms with van der Waals surface area (Å²) in [4.78, 5) is 23.9. The van der Waals surface area contributed by atoms with Crippen molar-refractivity contribution in [3.05, 3.63) is 29.8 Å². The number of unbranched alkanes of at least 4 members (excludes halogenated alkanes) is 1.